The molecule has 0 spiro atoms. The molecule has 1 fully saturated rings. The number of hydrogen-bond acceptors (Lipinski definition) is 5. The molecule has 0 N–H and O–H groups in total. The number of rotatable bonds is 6. The highest BCUT2D eigenvalue weighted by atomic mass is 19.1. The maximum absolute atomic E-state index is 13.1. The Morgan fingerprint density at radius 3 is 2.44 bits per heavy atom. The molecule has 0 saturated carbocycles. The molecular formula is C25H30FN3O3. The Bertz CT molecular complexity index is 998. The van der Waals surface area contributed by atoms with Crippen LogP contribution < -0.4 is 14.5 Å². The van der Waals surface area contributed by atoms with E-state index < -0.39 is 5.60 Å². The number of likely N-dealkylation sites (N-methyl/N-ethyl adjacent to an activating group) is 1. The van der Waals surface area contributed by atoms with Gasteiger partial charge in [0.15, 0.2) is 11.4 Å². The highest BCUT2D eigenvalue weighted by Gasteiger charge is 2.39. The predicted molar refractivity (Wildman–Crippen MR) is 123 cm³/mol. The van der Waals surface area contributed by atoms with Crippen molar-refractivity contribution in [3.8, 4) is 5.75 Å². The highest BCUT2D eigenvalue weighted by Crippen LogP contribution is 2.37. The Labute approximate surface area is 188 Å². The minimum Gasteiger partial charge on any atom is -0.476 e. The summed E-state index contributed by atoms with van der Waals surface area (Å²) < 4.78 is 19.0. The van der Waals surface area contributed by atoms with Gasteiger partial charge in [-0.05, 0) is 69.3 Å². The molecule has 0 atom stereocenters. The number of piperazine rings is 1. The Balaban J connectivity index is 1.27. The van der Waals surface area contributed by atoms with Crippen molar-refractivity contribution in [3.05, 3.63) is 53.8 Å². The molecule has 2 aromatic rings. The number of amides is 1. The van der Waals surface area contributed by atoms with Gasteiger partial charge in [0.05, 0.1) is 5.69 Å². The van der Waals surface area contributed by atoms with Gasteiger partial charge in [-0.1, -0.05) is 0 Å². The lowest BCUT2D eigenvalue weighted by molar-refractivity contribution is -0.132. The van der Waals surface area contributed by atoms with E-state index in [2.05, 4.69) is 9.80 Å². The van der Waals surface area contributed by atoms with E-state index in [-0.39, 0.29) is 17.5 Å². The van der Waals surface area contributed by atoms with Crippen LogP contribution in [0, 0.1) is 5.82 Å². The fraction of sp³-hybridized carbons (Fsp3) is 0.440. The van der Waals surface area contributed by atoms with Crippen LogP contribution in [0.25, 0.3) is 0 Å². The number of anilines is 2. The van der Waals surface area contributed by atoms with E-state index in [4.69, 9.17) is 4.74 Å². The summed E-state index contributed by atoms with van der Waals surface area (Å²) in [6.45, 7) is 7.97. The molecule has 0 radical (unpaired) electrons. The summed E-state index contributed by atoms with van der Waals surface area (Å²) >= 11 is 0. The van der Waals surface area contributed by atoms with Crippen LogP contribution in [0.2, 0.25) is 0 Å². The van der Waals surface area contributed by atoms with Gasteiger partial charge < -0.3 is 14.5 Å². The van der Waals surface area contributed by atoms with Crippen LogP contribution in [0.15, 0.2) is 42.5 Å². The van der Waals surface area contributed by atoms with Crippen LogP contribution in [0.3, 0.4) is 0 Å². The van der Waals surface area contributed by atoms with Crippen molar-refractivity contribution in [2.24, 2.45) is 0 Å². The lowest BCUT2D eigenvalue weighted by atomic mass is 10.0. The van der Waals surface area contributed by atoms with Crippen LogP contribution in [-0.4, -0.2) is 62.0 Å². The fourth-order valence-electron chi connectivity index (χ4n) is 4.37. The lowest BCUT2D eigenvalue weighted by Gasteiger charge is -2.37. The molecule has 2 heterocycles. The van der Waals surface area contributed by atoms with Crippen molar-refractivity contribution < 1.29 is 18.7 Å². The van der Waals surface area contributed by atoms with E-state index in [1.165, 1.54) is 12.1 Å². The molecule has 0 aliphatic carbocycles. The number of ether oxygens (including phenoxy) is 1. The third kappa shape index (κ3) is 4.63. The van der Waals surface area contributed by atoms with E-state index in [0.717, 1.165) is 44.8 Å². The van der Waals surface area contributed by atoms with E-state index in [1.54, 1.807) is 44.0 Å². The van der Waals surface area contributed by atoms with Gasteiger partial charge in [-0.15, -0.1) is 0 Å². The molecule has 2 aliphatic rings. The first kappa shape index (κ1) is 22.3. The molecule has 7 heteroatoms. The molecule has 1 saturated heterocycles. The zero-order valence-corrected chi connectivity index (χ0v) is 18.9. The average Bonchev–Trinajstić information content (AvgIpc) is 2.78. The third-order valence-electron chi connectivity index (χ3n) is 6.27. The van der Waals surface area contributed by atoms with Gasteiger partial charge in [-0.3, -0.25) is 14.5 Å². The molecular weight excluding hydrogens is 409 g/mol. The van der Waals surface area contributed by atoms with Crippen molar-refractivity contribution >= 4 is 23.1 Å². The molecule has 170 valence electrons. The largest absolute Gasteiger partial charge is 0.476 e. The van der Waals surface area contributed by atoms with Gasteiger partial charge in [0.2, 0.25) is 0 Å². The summed E-state index contributed by atoms with van der Waals surface area (Å²) in [6, 6.07) is 11.9. The Kier molecular flexibility index (Phi) is 6.20. The first-order chi connectivity index (χ1) is 15.2. The smallest absolute Gasteiger partial charge is 0.270 e. The van der Waals surface area contributed by atoms with Crippen molar-refractivity contribution in [3.63, 3.8) is 0 Å². The highest BCUT2D eigenvalue weighted by molar-refractivity contribution is 6.03. The van der Waals surface area contributed by atoms with Crippen LogP contribution in [-0.2, 0) is 4.79 Å². The summed E-state index contributed by atoms with van der Waals surface area (Å²) in [4.78, 5) is 31.3. The number of benzene rings is 2. The first-order valence-corrected chi connectivity index (χ1v) is 11.1. The summed E-state index contributed by atoms with van der Waals surface area (Å²) in [7, 11) is 1.72. The van der Waals surface area contributed by atoms with Gasteiger partial charge in [0.1, 0.15) is 11.6 Å². The standard InChI is InChI=1S/C25H30FN3O3/c1-25(2)24(31)27(3)21-11-6-18(17-23(21)32-25)22(30)5-4-12-28-13-15-29(16-14-28)20-9-7-19(26)8-10-20/h6-11,17H,4-5,12-16H2,1-3H3. The molecule has 0 unspecified atom stereocenters. The summed E-state index contributed by atoms with van der Waals surface area (Å²) in [5, 5.41) is 0. The Hall–Kier alpha value is -2.93. The number of fused-ring (bicyclic) bond motifs is 1. The molecule has 1 amide bonds. The summed E-state index contributed by atoms with van der Waals surface area (Å²) in [5.41, 5.74) is 1.40. The Morgan fingerprint density at radius 1 is 1.06 bits per heavy atom. The quantitative estimate of drug-likeness (QED) is 0.642. The number of ketones is 1. The third-order valence-corrected chi connectivity index (χ3v) is 6.27. The minimum absolute atomic E-state index is 0.0821. The number of hydrogen-bond donors (Lipinski definition) is 0. The maximum Gasteiger partial charge on any atom is 0.270 e. The van der Waals surface area contributed by atoms with Crippen LogP contribution in [0.1, 0.15) is 37.0 Å². The monoisotopic (exact) mass is 439 g/mol. The van der Waals surface area contributed by atoms with Gasteiger partial charge in [0, 0.05) is 50.9 Å². The second kappa shape index (κ2) is 8.90. The molecule has 0 aromatic heterocycles. The van der Waals surface area contributed by atoms with Crippen molar-refractivity contribution in [2.45, 2.75) is 32.3 Å². The topological polar surface area (TPSA) is 53.1 Å². The average molecular weight is 440 g/mol. The van der Waals surface area contributed by atoms with Crippen molar-refractivity contribution in [1.29, 1.82) is 0 Å². The van der Waals surface area contributed by atoms with Crippen LogP contribution in [0.5, 0.6) is 5.75 Å². The predicted octanol–water partition coefficient (Wildman–Crippen LogP) is 3.74. The van der Waals surface area contributed by atoms with Gasteiger partial charge in [-0.25, -0.2) is 4.39 Å². The summed E-state index contributed by atoms with van der Waals surface area (Å²) in [6.07, 6.45) is 1.26. The number of nitrogens with zero attached hydrogens (tertiary/aromatic N) is 3. The van der Waals surface area contributed by atoms with E-state index >= 15 is 0 Å². The first-order valence-electron chi connectivity index (χ1n) is 11.1. The fourth-order valence-corrected chi connectivity index (χ4v) is 4.37. The molecule has 2 aromatic carbocycles. The molecule has 0 bridgehead atoms. The van der Waals surface area contributed by atoms with Crippen LogP contribution >= 0.6 is 0 Å². The molecule has 6 nitrogen and oxygen atoms in total. The summed E-state index contributed by atoms with van der Waals surface area (Å²) in [5.74, 6) is 0.328. The normalized spacial score (nSPS) is 18.3. The maximum atomic E-state index is 13.1. The van der Waals surface area contributed by atoms with E-state index in [0.29, 0.717) is 23.4 Å². The molecule has 32 heavy (non-hydrogen) atoms. The zero-order valence-electron chi connectivity index (χ0n) is 18.9. The number of Topliss-reactive ketones (excluding diaryl/α,β-unsaturated/α-hetero) is 1. The Morgan fingerprint density at radius 2 is 1.75 bits per heavy atom. The number of carbonyl (C=O) groups excluding carboxylic acids is 2. The van der Waals surface area contributed by atoms with Gasteiger partial charge in [0.25, 0.3) is 5.91 Å². The minimum atomic E-state index is -0.945. The zero-order chi connectivity index (χ0) is 22.9. The SMILES string of the molecule is CN1C(=O)C(C)(C)Oc2cc(C(=O)CCCN3CCN(c4ccc(F)cc4)CC3)ccc21. The van der Waals surface area contributed by atoms with Crippen molar-refractivity contribution in [1.82, 2.24) is 4.90 Å². The second-order valence-corrected chi connectivity index (χ2v) is 8.99. The second-order valence-electron chi connectivity index (χ2n) is 8.99. The lowest BCUT2D eigenvalue weighted by Crippen LogP contribution is -2.50. The van der Waals surface area contributed by atoms with E-state index in [1.807, 2.05) is 12.1 Å². The number of carbonyl (C=O) groups is 2. The molecule has 2 aliphatic heterocycles. The van der Waals surface area contributed by atoms with E-state index in [9.17, 15) is 14.0 Å². The number of halogens is 1. The van der Waals surface area contributed by atoms with Crippen molar-refractivity contribution in [2.75, 3.05) is 49.6 Å². The van der Waals surface area contributed by atoms with Crippen LogP contribution in [0.4, 0.5) is 15.8 Å². The molecule has 4 rings (SSSR count). The van der Waals surface area contributed by atoms with Gasteiger partial charge in [-0.2, -0.15) is 0 Å². The van der Waals surface area contributed by atoms with Gasteiger partial charge >= 0.3 is 0 Å².